The van der Waals surface area contributed by atoms with E-state index in [0.717, 1.165) is 37.9 Å². The first-order chi connectivity index (χ1) is 10.6. The topological polar surface area (TPSA) is 56.1 Å². The maximum atomic E-state index is 5.92. The molecule has 1 aliphatic rings. The summed E-state index contributed by atoms with van der Waals surface area (Å²) in [4.78, 5) is 11.0. The van der Waals surface area contributed by atoms with Crippen LogP contribution in [0.2, 0.25) is 0 Å². The van der Waals surface area contributed by atoms with Crippen LogP contribution in [0.15, 0.2) is 24.5 Å². The van der Waals surface area contributed by atoms with E-state index in [1.54, 1.807) is 0 Å². The van der Waals surface area contributed by atoms with Crippen molar-refractivity contribution in [3.8, 4) is 0 Å². The summed E-state index contributed by atoms with van der Waals surface area (Å²) < 4.78 is 7.86. The summed E-state index contributed by atoms with van der Waals surface area (Å²) in [5.74, 6) is 1.76. The molecule has 2 atom stereocenters. The second kappa shape index (κ2) is 6.54. The largest absolute Gasteiger partial charge is 0.374 e. The normalized spacial score (nSPS) is 21.0. The molecule has 2 unspecified atom stereocenters. The van der Waals surface area contributed by atoms with Gasteiger partial charge in [-0.3, -0.25) is 9.88 Å². The maximum absolute atomic E-state index is 5.92. The summed E-state index contributed by atoms with van der Waals surface area (Å²) in [7, 11) is 0. The van der Waals surface area contributed by atoms with Crippen LogP contribution >= 0.6 is 0 Å². The van der Waals surface area contributed by atoms with Gasteiger partial charge in [-0.2, -0.15) is 5.10 Å². The minimum atomic E-state index is 0.146. The van der Waals surface area contributed by atoms with Crippen LogP contribution in [-0.2, 0) is 11.3 Å². The minimum Gasteiger partial charge on any atom is -0.374 e. The number of hydrogen-bond acceptors (Lipinski definition) is 5. The number of nitrogens with zero attached hydrogens (tertiary/aromatic N) is 5. The highest BCUT2D eigenvalue weighted by molar-refractivity contribution is 5.13. The molecule has 0 amide bonds. The predicted molar refractivity (Wildman–Crippen MR) is 83.5 cm³/mol. The van der Waals surface area contributed by atoms with Gasteiger partial charge in [0.15, 0.2) is 0 Å². The zero-order valence-corrected chi connectivity index (χ0v) is 13.4. The molecule has 6 heteroatoms. The molecule has 6 nitrogen and oxygen atoms in total. The first-order valence-corrected chi connectivity index (χ1v) is 7.77. The monoisotopic (exact) mass is 301 g/mol. The second-order valence-corrected chi connectivity index (χ2v) is 5.84. The molecular formula is C16H23N5O. The molecule has 0 bridgehead atoms. The van der Waals surface area contributed by atoms with Crippen LogP contribution in [0.3, 0.4) is 0 Å². The van der Waals surface area contributed by atoms with Crippen LogP contribution in [0.25, 0.3) is 0 Å². The van der Waals surface area contributed by atoms with E-state index in [1.165, 1.54) is 5.56 Å². The van der Waals surface area contributed by atoms with Gasteiger partial charge in [-0.05, 0) is 32.4 Å². The lowest BCUT2D eigenvalue weighted by molar-refractivity contribution is -0.0500. The molecule has 3 rings (SSSR count). The molecule has 1 fully saturated rings. The molecule has 118 valence electrons. The fourth-order valence-corrected chi connectivity index (χ4v) is 2.97. The molecule has 0 saturated carbocycles. The van der Waals surface area contributed by atoms with Crippen molar-refractivity contribution in [3.05, 3.63) is 41.7 Å². The number of pyridine rings is 1. The van der Waals surface area contributed by atoms with Crippen LogP contribution in [-0.4, -0.2) is 50.4 Å². The van der Waals surface area contributed by atoms with Crippen molar-refractivity contribution < 1.29 is 4.74 Å². The fourth-order valence-electron chi connectivity index (χ4n) is 2.97. The van der Waals surface area contributed by atoms with E-state index in [2.05, 4.69) is 33.0 Å². The van der Waals surface area contributed by atoms with Crippen molar-refractivity contribution in [2.24, 2.45) is 0 Å². The highest BCUT2D eigenvalue weighted by Crippen LogP contribution is 2.22. The number of aromatic nitrogens is 4. The van der Waals surface area contributed by atoms with E-state index < -0.39 is 0 Å². The Balaban J connectivity index is 1.65. The molecule has 0 N–H and O–H groups in total. The Hall–Kier alpha value is -1.79. The minimum absolute atomic E-state index is 0.146. The van der Waals surface area contributed by atoms with Gasteiger partial charge in [-0.1, -0.05) is 6.07 Å². The lowest BCUT2D eigenvalue weighted by Crippen LogP contribution is -2.45. The third-order valence-electron chi connectivity index (χ3n) is 4.22. The average molecular weight is 301 g/mol. The standard InChI is InChI=1S/C16H23N5O/c1-12(15-5-4-6-17-9-15)20-7-8-22-16(10-20)11-21-14(3)18-13(2)19-21/h4-6,9,12,16H,7-8,10-11H2,1-3H3. The lowest BCUT2D eigenvalue weighted by Gasteiger charge is -2.37. The Labute approximate surface area is 131 Å². The first kappa shape index (κ1) is 15.1. The zero-order valence-electron chi connectivity index (χ0n) is 13.4. The third-order valence-corrected chi connectivity index (χ3v) is 4.22. The van der Waals surface area contributed by atoms with Crippen LogP contribution < -0.4 is 0 Å². The summed E-state index contributed by atoms with van der Waals surface area (Å²) in [5.41, 5.74) is 1.25. The summed E-state index contributed by atoms with van der Waals surface area (Å²) in [6, 6.07) is 4.47. The molecule has 1 saturated heterocycles. The van der Waals surface area contributed by atoms with Gasteiger partial charge in [0.05, 0.1) is 19.3 Å². The van der Waals surface area contributed by atoms with Gasteiger partial charge in [-0.25, -0.2) is 9.67 Å². The molecule has 0 spiro atoms. The molecule has 0 aliphatic carbocycles. The third kappa shape index (κ3) is 3.34. The van der Waals surface area contributed by atoms with E-state index >= 15 is 0 Å². The van der Waals surface area contributed by atoms with Crippen molar-refractivity contribution in [2.75, 3.05) is 19.7 Å². The Morgan fingerprint density at radius 1 is 1.41 bits per heavy atom. The van der Waals surface area contributed by atoms with Crippen molar-refractivity contribution in [1.82, 2.24) is 24.6 Å². The average Bonchev–Trinajstić information content (AvgIpc) is 2.85. The summed E-state index contributed by atoms with van der Waals surface area (Å²) in [6.45, 7) is 9.48. The van der Waals surface area contributed by atoms with Crippen molar-refractivity contribution in [1.29, 1.82) is 0 Å². The lowest BCUT2D eigenvalue weighted by atomic mass is 10.1. The molecule has 2 aromatic rings. The summed E-state index contributed by atoms with van der Waals surface area (Å²) >= 11 is 0. The van der Waals surface area contributed by atoms with Gasteiger partial charge >= 0.3 is 0 Å². The van der Waals surface area contributed by atoms with Crippen LogP contribution in [0.5, 0.6) is 0 Å². The van der Waals surface area contributed by atoms with E-state index in [4.69, 9.17) is 4.74 Å². The zero-order chi connectivity index (χ0) is 15.5. The smallest absolute Gasteiger partial charge is 0.147 e. The van der Waals surface area contributed by atoms with E-state index in [-0.39, 0.29) is 6.10 Å². The number of rotatable bonds is 4. The summed E-state index contributed by atoms with van der Waals surface area (Å²) in [6.07, 6.45) is 3.90. The molecule has 22 heavy (non-hydrogen) atoms. The maximum Gasteiger partial charge on any atom is 0.147 e. The molecule has 2 aromatic heterocycles. The van der Waals surface area contributed by atoms with E-state index in [9.17, 15) is 0 Å². The first-order valence-electron chi connectivity index (χ1n) is 7.77. The van der Waals surface area contributed by atoms with Gasteiger partial charge in [0, 0.05) is 31.5 Å². The van der Waals surface area contributed by atoms with Gasteiger partial charge in [0.25, 0.3) is 0 Å². The Morgan fingerprint density at radius 2 is 2.27 bits per heavy atom. The Bertz CT molecular complexity index is 612. The Kier molecular flexibility index (Phi) is 4.49. The molecular weight excluding hydrogens is 278 g/mol. The summed E-state index contributed by atoms with van der Waals surface area (Å²) in [5, 5.41) is 4.43. The number of aryl methyl sites for hydroxylation is 2. The van der Waals surface area contributed by atoms with Crippen molar-refractivity contribution in [3.63, 3.8) is 0 Å². The van der Waals surface area contributed by atoms with Gasteiger partial charge in [-0.15, -0.1) is 0 Å². The number of ether oxygens (including phenoxy) is 1. The molecule has 0 aromatic carbocycles. The second-order valence-electron chi connectivity index (χ2n) is 5.84. The van der Waals surface area contributed by atoms with Gasteiger partial charge < -0.3 is 4.74 Å². The van der Waals surface area contributed by atoms with E-state index in [1.807, 2.05) is 37.0 Å². The van der Waals surface area contributed by atoms with Crippen molar-refractivity contribution in [2.45, 2.75) is 39.5 Å². The fraction of sp³-hybridized carbons (Fsp3) is 0.562. The SMILES string of the molecule is Cc1nc(C)n(CC2CN(C(C)c3cccnc3)CCO2)n1. The van der Waals surface area contributed by atoms with Crippen LogP contribution in [0.1, 0.15) is 30.2 Å². The molecule has 1 aliphatic heterocycles. The highest BCUT2D eigenvalue weighted by atomic mass is 16.5. The van der Waals surface area contributed by atoms with Gasteiger partial charge in [0.1, 0.15) is 11.6 Å². The van der Waals surface area contributed by atoms with E-state index in [0.29, 0.717) is 6.04 Å². The quantitative estimate of drug-likeness (QED) is 0.861. The molecule has 0 radical (unpaired) electrons. The van der Waals surface area contributed by atoms with Crippen LogP contribution in [0.4, 0.5) is 0 Å². The van der Waals surface area contributed by atoms with Gasteiger partial charge in [0.2, 0.25) is 0 Å². The number of morpholine rings is 1. The highest BCUT2D eigenvalue weighted by Gasteiger charge is 2.26. The molecule has 3 heterocycles. The van der Waals surface area contributed by atoms with Crippen LogP contribution in [0, 0.1) is 13.8 Å². The Morgan fingerprint density at radius 3 is 2.95 bits per heavy atom. The van der Waals surface area contributed by atoms with Crippen molar-refractivity contribution >= 4 is 0 Å². The number of hydrogen-bond donors (Lipinski definition) is 0. The predicted octanol–water partition coefficient (Wildman–Crippen LogP) is 1.75.